The molecule has 3 aromatic rings. The average molecular weight is 414 g/mol. The molecule has 2 aromatic heterocycles. The third-order valence-corrected chi connectivity index (χ3v) is 6.26. The van der Waals surface area contributed by atoms with E-state index in [0.717, 1.165) is 59.6 Å². The number of aryl methyl sites for hydroxylation is 2. The molecule has 4 rings (SSSR count). The smallest absolute Gasteiger partial charge is 0.258 e. The van der Waals surface area contributed by atoms with Gasteiger partial charge in [-0.2, -0.15) is 0 Å². The van der Waals surface area contributed by atoms with Crippen molar-refractivity contribution in [3.05, 3.63) is 51.1 Å². The molecule has 3 N–H and O–H groups in total. The summed E-state index contributed by atoms with van der Waals surface area (Å²) in [6.45, 7) is 9.18. The van der Waals surface area contributed by atoms with Crippen LogP contribution in [-0.2, 0) is 11.3 Å². The first kappa shape index (κ1) is 20.6. The van der Waals surface area contributed by atoms with Crippen molar-refractivity contribution >= 4 is 10.9 Å². The number of rotatable bonds is 6. The highest BCUT2D eigenvalue weighted by Gasteiger charge is 2.36. The number of fused-ring (bicyclic) bond motifs is 1. The van der Waals surface area contributed by atoms with Gasteiger partial charge in [-0.15, -0.1) is 5.10 Å². The van der Waals surface area contributed by atoms with Gasteiger partial charge in [0.2, 0.25) is 5.82 Å². The Morgan fingerprint density at radius 1 is 1.20 bits per heavy atom. The number of hydrogen-bond donors (Lipinski definition) is 3. The number of ether oxygens (including phenoxy) is 1. The van der Waals surface area contributed by atoms with Crippen molar-refractivity contribution in [2.45, 2.75) is 26.4 Å². The molecule has 1 saturated heterocycles. The van der Waals surface area contributed by atoms with Crippen LogP contribution in [0.3, 0.4) is 0 Å². The zero-order valence-electron chi connectivity index (χ0n) is 18.2. The SMILES string of the molecule is COCCn1nnnc1[C@@H](c1cc2c(C)ccc(C)c2[nH]c1=O)[NH+]1CC[NH+](C)CC1. The van der Waals surface area contributed by atoms with E-state index in [1.807, 2.05) is 13.0 Å². The number of quaternary nitrogens is 2. The van der Waals surface area contributed by atoms with Crippen molar-refractivity contribution in [1.82, 2.24) is 25.2 Å². The number of aromatic nitrogens is 5. The highest BCUT2D eigenvalue weighted by atomic mass is 16.5. The first-order chi connectivity index (χ1) is 14.5. The number of H-pyrrole nitrogens is 1. The van der Waals surface area contributed by atoms with Crippen molar-refractivity contribution in [2.24, 2.45) is 0 Å². The van der Waals surface area contributed by atoms with Gasteiger partial charge in [-0.3, -0.25) is 4.79 Å². The molecule has 0 bridgehead atoms. The van der Waals surface area contributed by atoms with Gasteiger partial charge in [0.15, 0.2) is 6.04 Å². The topological polar surface area (TPSA) is 94.6 Å². The molecule has 1 aliphatic heterocycles. The molecule has 0 unspecified atom stereocenters. The zero-order chi connectivity index (χ0) is 21.3. The molecule has 1 aromatic carbocycles. The molecule has 1 fully saturated rings. The fraction of sp³-hybridized carbons (Fsp3) is 0.524. The fourth-order valence-electron chi connectivity index (χ4n) is 4.39. The summed E-state index contributed by atoms with van der Waals surface area (Å²) < 4.78 is 7.01. The fourth-order valence-corrected chi connectivity index (χ4v) is 4.39. The van der Waals surface area contributed by atoms with Crippen molar-refractivity contribution in [1.29, 1.82) is 0 Å². The lowest BCUT2D eigenvalue weighted by Gasteiger charge is -2.32. The van der Waals surface area contributed by atoms with Crippen LogP contribution in [-0.4, -0.2) is 72.1 Å². The molecule has 0 spiro atoms. The third kappa shape index (κ3) is 3.88. The minimum Gasteiger partial charge on any atom is -0.383 e. The summed E-state index contributed by atoms with van der Waals surface area (Å²) in [5.74, 6) is 0.719. The summed E-state index contributed by atoms with van der Waals surface area (Å²) >= 11 is 0. The summed E-state index contributed by atoms with van der Waals surface area (Å²) in [4.78, 5) is 19.3. The molecule has 0 radical (unpaired) electrons. The molecular formula is C21H31N7O2+2. The molecule has 9 heteroatoms. The Labute approximate surface area is 175 Å². The number of piperazine rings is 1. The molecule has 1 aliphatic rings. The third-order valence-electron chi connectivity index (χ3n) is 6.26. The van der Waals surface area contributed by atoms with Gasteiger partial charge in [0.05, 0.1) is 31.3 Å². The zero-order valence-corrected chi connectivity index (χ0v) is 18.2. The average Bonchev–Trinajstić information content (AvgIpc) is 3.19. The summed E-state index contributed by atoms with van der Waals surface area (Å²) in [5.41, 5.74) is 3.76. The largest absolute Gasteiger partial charge is 0.383 e. The van der Waals surface area contributed by atoms with E-state index < -0.39 is 0 Å². The number of nitrogens with zero attached hydrogens (tertiary/aromatic N) is 4. The molecular weight excluding hydrogens is 382 g/mol. The summed E-state index contributed by atoms with van der Waals surface area (Å²) in [6, 6.07) is 5.97. The lowest BCUT2D eigenvalue weighted by molar-refractivity contribution is -1.02. The van der Waals surface area contributed by atoms with Crippen LogP contribution in [0.5, 0.6) is 0 Å². The van der Waals surface area contributed by atoms with E-state index in [0.29, 0.717) is 13.2 Å². The maximum atomic E-state index is 13.3. The van der Waals surface area contributed by atoms with Crippen molar-refractivity contribution in [2.75, 3.05) is 46.9 Å². The Balaban J connectivity index is 1.86. The summed E-state index contributed by atoms with van der Waals surface area (Å²) in [5, 5.41) is 13.6. The normalized spacial score (nSPS) is 20.5. The second-order valence-electron chi connectivity index (χ2n) is 8.34. The first-order valence-electron chi connectivity index (χ1n) is 10.5. The Morgan fingerprint density at radius 3 is 2.67 bits per heavy atom. The Hall–Kier alpha value is -2.62. The van der Waals surface area contributed by atoms with Gasteiger partial charge in [0.1, 0.15) is 26.2 Å². The van der Waals surface area contributed by atoms with E-state index in [1.54, 1.807) is 11.8 Å². The Morgan fingerprint density at radius 2 is 1.93 bits per heavy atom. The highest BCUT2D eigenvalue weighted by Crippen LogP contribution is 2.23. The predicted molar refractivity (Wildman–Crippen MR) is 113 cm³/mol. The number of hydrogen-bond acceptors (Lipinski definition) is 5. The number of aromatic amines is 1. The van der Waals surface area contributed by atoms with Crippen LogP contribution in [0.4, 0.5) is 0 Å². The predicted octanol–water partition coefficient (Wildman–Crippen LogP) is -1.72. The second-order valence-corrected chi connectivity index (χ2v) is 8.34. The number of nitrogens with one attached hydrogen (secondary N) is 3. The maximum Gasteiger partial charge on any atom is 0.258 e. The Bertz CT molecular complexity index is 1080. The number of methoxy groups -OCH3 is 1. The van der Waals surface area contributed by atoms with Gasteiger partial charge in [-0.25, -0.2) is 4.68 Å². The Kier molecular flexibility index (Phi) is 5.94. The van der Waals surface area contributed by atoms with Crippen LogP contribution < -0.4 is 15.4 Å². The van der Waals surface area contributed by atoms with Gasteiger partial charge in [0.25, 0.3) is 5.56 Å². The molecule has 3 heterocycles. The van der Waals surface area contributed by atoms with Crippen LogP contribution in [0.1, 0.15) is 28.6 Å². The standard InChI is InChI=1S/C21H29N7O2/c1-14-5-6-15(2)18-16(14)13-17(21(29)22-18)19(27-9-7-26(3)8-10-27)20-23-24-25-28(20)11-12-30-4/h5-6,13,19H,7-12H2,1-4H3,(H,22,29)/p+2/t19-/m1/s1. The molecule has 160 valence electrons. The van der Waals surface area contributed by atoms with Crippen molar-refractivity contribution in [3.63, 3.8) is 0 Å². The van der Waals surface area contributed by atoms with Gasteiger partial charge in [-0.1, -0.05) is 12.1 Å². The quantitative estimate of drug-likeness (QED) is 0.447. The van der Waals surface area contributed by atoms with E-state index in [9.17, 15) is 4.79 Å². The minimum atomic E-state index is -0.224. The van der Waals surface area contributed by atoms with E-state index in [4.69, 9.17) is 4.74 Å². The summed E-state index contributed by atoms with van der Waals surface area (Å²) in [6.07, 6.45) is 0. The first-order valence-corrected chi connectivity index (χ1v) is 10.5. The van der Waals surface area contributed by atoms with Gasteiger partial charge in [0, 0.05) is 12.5 Å². The van der Waals surface area contributed by atoms with Gasteiger partial charge < -0.3 is 19.5 Å². The van der Waals surface area contributed by atoms with Crippen molar-refractivity contribution in [3.8, 4) is 0 Å². The van der Waals surface area contributed by atoms with Crippen LogP contribution in [0.25, 0.3) is 10.9 Å². The minimum absolute atomic E-state index is 0.0683. The lowest BCUT2D eigenvalue weighted by atomic mass is 9.99. The van der Waals surface area contributed by atoms with E-state index >= 15 is 0 Å². The van der Waals surface area contributed by atoms with Gasteiger partial charge >= 0.3 is 0 Å². The van der Waals surface area contributed by atoms with E-state index in [-0.39, 0.29) is 11.6 Å². The monoisotopic (exact) mass is 413 g/mol. The highest BCUT2D eigenvalue weighted by molar-refractivity contribution is 5.85. The number of pyridine rings is 1. The van der Waals surface area contributed by atoms with Crippen LogP contribution in [0.15, 0.2) is 23.0 Å². The molecule has 0 amide bonds. The molecule has 1 atom stereocenters. The maximum absolute atomic E-state index is 13.3. The number of tetrazole rings is 1. The number of benzene rings is 1. The van der Waals surface area contributed by atoms with Crippen LogP contribution in [0.2, 0.25) is 0 Å². The molecule has 9 nitrogen and oxygen atoms in total. The van der Waals surface area contributed by atoms with E-state index in [1.165, 1.54) is 9.80 Å². The molecule has 0 saturated carbocycles. The van der Waals surface area contributed by atoms with Crippen LogP contribution in [0, 0.1) is 13.8 Å². The molecule has 0 aliphatic carbocycles. The molecule has 30 heavy (non-hydrogen) atoms. The summed E-state index contributed by atoms with van der Waals surface area (Å²) in [7, 11) is 3.87. The second kappa shape index (κ2) is 8.63. The number of likely N-dealkylation sites (N-methyl/N-ethyl adjacent to an activating group) is 1. The van der Waals surface area contributed by atoms with Crippen LogP contribution >= 0.6 is 0 Å². The van der Waals surface area contributed by atoms with E-state index in [2.05, 4.69) is 46.6 Å². The lowest BCUT2D eigenvalue weighted by Crippen LogP contribution is -3.27. The van der Waals surface area contributed by atoms with Crippen molar-refractivity contribution < 1.29 is 14.5 Å². The van der Waals surface area contributed by atoms with Gasteiger partial charge in [-0.05, 0) is 41.5 Å².